The second kappa shape index (κ2) is 8.34. The number of carbonyl (C=O) groups is 1. The molecule has 0 saturated heterocycles. The third kappa shape index (κ3) is 4.98. The van der Waals surface area contributed by atoms with Crippen LogP contribution in [0.3, 0.4) is 0 Å². The molecule has 1 aromatic heterocycles. The van der Waals surface area contributed by atoms with E-state index in [0.717, 1.165) is 31.2 Å². The fraction of sp³-hybridized carbons (Fsp3) is 0.368. The number of aromatic nitrogens is 1. The maximum Gasteiger partial charge on any atom is 0.407 e. The molecule has 1 heterocycles. The molecule has 3 rings (SSSR count). The molecule has 0 aliphatic heterocycles. The Labute approximate surface area is 142 Å². The molecular weight excluding hydrogens is 304 g/mol. The molecule has 0 unspecified atom stereocenters. The van der Waals surface area contributed by atoms with Gasteiger partial charge in [0.2, 0.25) is 5.88 Å². The van der Waals surface area contributed by atoms with Gasteiger partial charge in [-0.2, -0.15) is 0 Å². The van der Waals surface area contributed by atoms with E-state index in [4.69, 9.17) is 9.47 Å². The van der Waals surface area contributed by atoms with Crippen LogP contribution in [0.2, 0.25) is 0 Å². The van der Waals surface area contributed by atoms with Crippen molar-refractivity contribution in [2.24, 2.45) is 0 Å². The molecule has 126 valence electrons. The third-order valence-corrected chi connectivity index (χ3v) is 4.13. The summed E-state index contributed by atoms with van der Waals surface area (Å²) in [7, 11) is 0. The first-order valence-electron chi connectivity index (χ1n) is 8.34. The van der Waals surface area contributed by atoms with Crippen LogP contribution in [0.15, 0.2) is 54.7 Å². The van der Waals surface area contributed by atoms with Gasteiger partial charge in [-0.15, -0.1) is 0 Å². The van der Waals surface area contributed by atoms with Gasteiger partial charge >= 0.3 is 6.09 Å². The summed E-state index contributed by atoms with van der Waals surface area (Å²) in [6, 6.07) is 15.5. The number of benzene rings is 1. The summed E-state index contributed by atoms with van der Waals surface area (Å²) in [4.78, 5) is 16.1. The molecule has 24 heavy (non-hydrogen) atoms. The van der Waals surface area contributed by atoms with Crippen LogP contribution in [-0.4, -0.2) is 23.2 Å². The van der Waals surface area contributed by atoms with E-state index in [0.29, 0.717) is 12.5 Å². The number of alkyl carbamates (subject to hydrolysis) is 1. The van der Waals surface area contributed by atoms with Gasteiger partial charge in [0.05, 0.1) is 0 Å². The van der Waals surface area contributed by atoms with Crippen molar-refractivity contribution in [3.63, 3.8) is 0 Å². The fourth-order valence-electron chi connectivity index (χ4n) is 2.84. The molecule has 0 spiro atoms. The summed E-state index contributed by atoms with van der Waals surface area (Å²) in [6.07, 6.45) is 5.12. The molecule has 1 aliphatic rings. The van der Waals surface area contributed by atoms with Crippen LogP contribution in [0.4, 0.5) is 4.79 Å². The van der Waals surface area contributed by atoms with Gasteiger partial charge in [-0.05, 0) is 37.3 Å². The van der Waals surface area contributed by atoms with Crippen LogP contribution < -0.4 is 10.1 Å². The van der Waals surface area contributed by atoms with Gasteiger partial charge < -0.3 is 14.8 Å². The van der Waals surface area contributed by atoms with Crippen molar-refractivity contribution in [2.45, 2.75) is 44.4 Å². The number of amides is 1. The van der Waals surface area contributed by atoms with Crippen molar-refractivity contribution in [3.05, 3.63) is 60.3 Å². The van der Waals surface area contributed by atoms with E-state index in [1.165, 1.54) is 0 Å². The Kier molecular flexibility index (Phi) is 5.66. The highest BCUT2D eigenvalue weighted by Gasteiger charge is 2.24. The van der Waals surface area contributed by atoms with Gasteiger partial charge in [-0.25, -0.2) is 9.78 Å². The summed E-state index contributed by atoms with van der Waals surface area (Å²) in [5.41, 5.74) is 0.986. The van der Waals surface area contributed by atoms with E-state index >= 15 is 0 Å². The summed E-state index contributed by atoms with van der Waals surface area (Å²) in [5.74, 6) is 0.663. The lowest BCUT2D eigenvalue weighted by molar-refractivity contribution is 0.114. The first-order chi connectivity index (χ1) is 11.8. The zero-order valence-corrected chi connectivity index (χ0v) is 13.6. The summed E-state index contributed by atoms with van der Waals surface area (Å²) in [5, 5.41) is 2.94. The van der Waals surface area contributed by atoms with Crippen LogP contribution >= 0.6 is 0 Å². The maximum atomic E-state index is 11.9. The Hall–Kier alpha value is -2.56. The molecule has 0 atom stereocenters. The number of carbonyl (C=O) groups excluding carboxylic acids is 1. The minimum Gasteiger partial charge on any atom is -0.474 e. The highest BCUT2D eigenvalue weighted by molar-refractivity contribution is 5.67. The number of nitrogens with one attached hydrogen (secondary N) is 1. The first kappa shape index (κ1) is 16.3. The van der Waals surface area contributed by atoms with Crippen LogP contribution in [0.25, 0.3) is 0 Å². The zero-order valence-electron chi connectivity index (χ0n) is 13.6. The van der Waals surface area contributed by atoms with Gasteiger partial charge in [0.15, 0.2) is 0 Å². The van der Waals surface area contributed by atoms with Crippen LogP contribution in [0.1, 0.15) is 31.2 Å². The second-order valence-corrected chi connectivity index (χ2v) is 5.97. The fourth-order valence-corrected chi connectivity index (χ4v) is 2.84. The molecule has 1 aliphatic carbocycles. The van der Waals surface area contributed by atoms with Crippen molar-refractivity contribution in [2.75, 3.05) is 0 Å². The Morgan fingerprint density at radius 2 is 1.79 bits per heavy atom. The van der Waals surface area contributed by atoms with Gasteiger partial charge in [-0.1, -0.05) is 36.4 Å². The number of nitrogens with zero attached hydrogens (tertiary/aromatic N) is 1. The predicted octanol–water partition coefficient (Wildman–Crippen LogP) is 3.70. The highest BCUT2D eigenvalue weighted by atomic mass is 16.5. The Morgan fingerprint density at radius 1 is 1.04 bits per heavy atom. The summed E-state index contributed by atoms with van der Waals surface area (Å²) in [6.45, 7) is 0.296. The molecule has 0 bridgehead atoms. The highest BCUT2D eigenvalue weighted by Crippen LogP contribution is 2.22. The van der Waals surface area contributed by atoms with E-state index < -0.39 is 0 Å². The minimum atomic E-state index is -0.354. The van der Waals surface area contributed by atoms with Gasteiger partial charge in [0, 0.05) is 18.3 Å². The Morgan fingerprint density at radius 3 is 2.50 bits per heavy atom. The molecular formula is C19H22N2O3. The molecule has 5 heteroatoms. The molecule has 1 fully saturated rings. The van der Waals surface area contributed by atoms with E-state index in [1.807, 2.05) is 48.5 Å². The Bertz CT molecular complexity index is 626. The van der Waals surface area contributed by atoms with Crippen molar-refractivity contribution >= 4 is 6.09 Å². The number of rotatable bonds is 5. The van der Waals surface area contributed by atoms with Gasteiger partial charge in [0.1, 0.15) is 12.7 Å². The Balaban J connectivity index is 1.36. The van der Waals surface area contributed by atoms with Crippen molar-refractivity contribution < 1.29 is 14.3 Å². The monoisotopic (exact) mass is 326 g/mol. The summed E-state index contributed by atoms with van der Waals surface area (Å²) < 4.78 is 11.1. The van der Waals surface area contributed by atoms with Gasteiger partial charge in [0.25, 0.3) is 0 Å². The first-order valence-corrected chi connectivity index (χ1v) is 8.34. The SMILES string of the molecule is O=C(NC1CCC(Oc2ccccn2)CC1)OCc1ccccc1. The van der Waals surface area contributed by atoms with E-state index in [9.17, 15) is 4.79 Å². The average molecular weight is 326 g/mol. The quantitative estimate of drug-likeness (QED) is 0.910. The lowest BCUT2D eigenvalue weighted by Gasteiger charge is -2.28. The van der Waals surface area contributed by atoms with Crippen molar-refractivity contribution in [1.82, 2.24) is 10.3 Å². The minimum absolute atomic E-state index is 0.150. The largest absolute Gasteiger partial charge is 0.474 e. The number of hydrogen-bond acceptors (Lipinski definition) is 4. The lowest BCUT2D eigenvalue weighted by Crippen LogP contribution is -2.40. The molecule has 0 radical (unpaired) electrons. The van der Waals surface area contributed by atoms with E-state index in [-0.39, 0.29) is 18.2 Å². The van der Waals surface area contributed by atoms with Gasteiger partial charge in [-0.3, -0.25) is 0 Å². The van der Waals surface area contributed by atoms with Crippen molar-refractivity contribution in [3.8, 4) is 5.88 Å². The van der Waals surface area contributed by atoms with Crippen LogP contribution in [-0.2, 0) is 11.3 Å². The van der Waals surface area contributed by atoms with Crippen LogP contribution in [0.5, 0.6) is 5.88 Å². The smallest absolute Gasteiger partial charge is 0.407 e. The molecule has 2 aromatic rings. The normalized spacial score (nSPS) is 20.2. The molecule has 1 aromatic carbocycles. The third-order valence-electron chi connectivity index (χ3n) is 4.13. The number of pyridine rings is 1. The molecule has 1 amide bonds. The average Bonchev–Trinajstić information content (AvgIpc) is 2.63. The zero-order chi connectivity index (χ0) is 16.6. The maximum absolute atomic E-state index is 11.9. The number of ether oxygens (including phenoxy) is 2. The summed E-state index contributed by atoms with van der Waals surface area (Å²) >= 11 is 0. The predicted molar refractivity (Wildman–Crippen MR) is 90.7 cm³/mol. The standard InChI is InChI=1S/C19H22N2O3/c22-19(23-14-15-6-2-1-3-7-15)21-16-9-11-17(12-10-16)24-18-8-4-5-13-20-18/h1-8,13,16-17H,9-12,14H2,(H,21,22). The lowest BCUT2D eigenvalue weighted by atomic mass is 9.93. The number of hydrogen-bond donors (Lipinski definition) is 1. The van der Waals surface area contributed by atoms with E-state index in [1.54, 1.807) is 6.20 Å². The molecule has 1 N–H and O–H groups in total. The van der Waals surface area contributed by atoms with Crippen molar-refractivity contribution in [1.29, 1.82) is 0 Å². The second-order valence-electron chi connectivity index (χ2n) is 5.97. The van der Waals surface area contributed by atoms with E-state index in [2.05, 4.69) is 10.3 Å². The molecule has 5 nitrogen and oxygen atoms in total. The van der Waals surface area contributed by atoms with Crippen LogP contribution in [0, 0.1) is 0 Å². The topological polar surface area (TPSA) is 60.5 Å². The molecule has 1 saturated carbocycles.